The van der Waals surface area contributed by atoms with Crippen LogP contribution in [0.1, 0.15) is 5.56 Å². The number of fused-ring (bicyclic) bond motifs is 6. The van der Waals surface area contributed by atoms with Crippen molar-refractivity contribution in [3.8, 4) is 22.5 Å². The molecule has 0 saturated carbocycles. The molecule has 1 N–H and O–H groups in total. The topological polar surface area (TPSA) is 51.5 Å². The van der Waals surface area contributed by atoms with Crippen LogP contribution >= 0.6 is 0 Å². The van der Waals surface area contributed by atoms with Gasteiger partial charge in [0.25, 0.3) is 5.70 Å². The van der Waals surface area contributed by atoms with E-state index in [-0.39, 0.29) is 5.70 Å². The van der Waals surface area contributed by atoms with Crippen molar-refractivity contribution in [2.24, 2.45) is 0 Å². The fraction of sp³-hybridized carbons (Fsp3) is 0. The maximum Gasteiger partial charge on any atom is 0.333 e. The van der Waals surface area contributed by atoms with E-state index in [1.54, 1.807) is 0 Å². The number of rotatable bonds is 5. The van der Waals surface area contributed by atoms with E-state index in [9.17, 15) is 9.90 Å². The molecule has 0 unspecified atom stereocenters. The molecular formula is C40H25N3O2. The number of hydrogen-bond donors (Lipinski definition) is 1. The molecular weight excluding hydrogens is 554 g/mol. The monoisotopic (exact) mass is 579 g/mol. The molecule has 5 nitrogen and oxygen atoms in total. The smallest absolute Gasteiger partial charge is 0.333 e. The number of benzene rings is 6. The van der Waals surface area contributed by atoms with Gasteiger partial charge in [-0.2, -0.15) is 0 Å². The van der Waals surface area contributed by atoms with Crippen LogP contribution in [0.4, 0.5) is 0 Å². The van der Waals surface area contributed by atoms with Crippen molar-refractivity contribution >= 4 is 55.7 Å². The van der Waals surface area contributed by atoms with Gasteiger partial charge in [0.1, 0.15) is 0 Å². The van der Waals surface area contributed by atoms with Gasteiger partial charge in [-0.1, -0.05) is 84.9 Å². The molecule has 0 fully saturated rings. The average Bonchev–Trinajstić information content (AvgIpc) is 3.60. The lowest BCUT2D eigenvalue weighted by Gasteiger charge is -2.10. The number of para-hydroxylation sites is 3. The van der Waals surface area contributed by atoms with Gasteiger partial charge in [0.05, 0.1) is 28.6 Å². The molecule has 212 valence electrons. The van der Waals surface area contributed by atoms with Crippen LogP contribution in [0, 0.1) is 6.57 Å². The van der Waals surface area contributed by atoms with Crippen molar-refractivity contribution in [3.63, 3.8) is 0 Å². The summed E-state index contributed by atoms with van der Waals surface area (Å²) in [4.78, 5) is 14.4. The van der Waals surface area contributed by atoms with Crippen LogP contribution in [0.25, 0.3) is 77.0 Å². The lowest BCUT2D eigenvalue weighted by Crippen LogP contribution is -1.96. The minimum atomic E-state index is -1.23. The summed E-state index contributed by atoms with van der Waals surface area (Å²) in [5.41, 5.74) is 9.27. The highest BCUT2D eigenvalue weighted by atomic mass is 16.4. The van der Waals surface area contributed by atoms with Crippen LogP contribution in [-0.4, -0.2) is 20.2 Å². The summed E-state index contributed by atoms with van der Waals surface area (Å²) >= 11 is 0. The van der Waals surface area contributed by atoms with Crippen molar-refractivity contribution in [3.05, 3.63) is 162 Å². The molecule has 2 aromatic heterocycles. The summed E-state index contributed by atoms with van der Waals surface area (Å²) in [6.07, 6.45) is 1.39. The molecule has 0 radical (unpaired) electrons. The van der Waals surface area contributed by atoms with Crippen LogP contribution in [-0.2, 0) is 4.79 Å². The predicted molar refractivity (Wildman–Crippen MR) is 183 cm³/mol. The lowest BCUT2D eigenvalue weighted by molar-refractivity contribution is -0.132. The molecule has 0 bridgehead atoms. The van der Waals surface area contributed by atoms with Crippen molar-refractivity contribution in [2.45, 2.75) is 0 Å². The number of carboxylic acid groups (broad SMARTS) is 1. The molecule has 0 saturated heterocycles. The van der Waals surface area contributed by atoms with Crippen LogP contribution in [0.2, 0.25) is 0 Å². The van der Waals surface area contributed by atoms with Gasteiger partial charge in [0, 0.05) is 32.9 Å². The molecule has 0 spiro atoms. The standard InChI is InChI=1S/C40H25N3O2/c1-41-35(40(44)45)24-26-14-19-29(20-15-26)43-38-13-7-4-10-33(38)34-25-28(18-23-39(34)43)27-16-21-30(22-17-27)42-36-11-5-2-8-31(36)32-9-3-6-12-37(32)42/h2-25H,(H,44,45). The Bertz CT molecular complexity index is 2450. The molecule has 0 aliphatic rings. The zero-order chi connectivity index (χ0) is 30.5. The molecule has 6 aromatic carbocycles. The minimum Gasteiger partial charge on any atom is -0.486 e. The fourth-order valence-electron chi connectivity index (χ4n) is 6.45. The predicted octanol–water partition coefficient (Wildman–Crippen LogP) is 9.89. The van der Waals surface area contributed by atoms with Gasteiger partial charge in [0.2, 0.25) is 0 Å². The molecule has 5 heteroatoms. The number of hydrogen-bond acceptors (Lipinski definition) is 1. The maximum atomic E-state index is 11.3. The molecule has 0 aliphatic carbocycles. The second-order valence-electron chi connectivity index (χ2n) is 11.0. The summed E-state index contributed by atoms with van der Waals surface area (Å²) in [5, 5.41) is 14.0. The Kier molecular flexibility index (Phi) is 6.07. The third-order valence-electron chi connectivity index (χ3n) is 8.51. The van der Waals surface area contributed by atoms with Gasteiger partial charge < -0.3 is 14.2 Å². The number of nitrogens with zero attached hydrogens (tertiary/aromatic N) is 3. The fourth-order valence-corrected chi connectivity index (χ4v) is 6.45. The van der Waals surface area contributed by atoms with E-state index >= 15 is 0 Å². The Hall–Kier alpha value is -6.38. The van der Waals surface area contributed by atoms with E-state index in [4.69, 9.17) is 6.57 Å². The van der Waals surface area contributed by atoms with Crippen LogP contribution in [0.5, 0.6) is 0 Å². The molecule has 0 amide bonds. The van der Waals surface area contributed by atoms with E-state index in [1.807, 2.05) is 30.3 Å². The summed E-state index contributed by atoms with van der Waals surface area (Å²) < 4.78 is 4.55. The molecule has 8 rings (SSSR count). The van der Waals surface area contributed by atoms with Crippen LogP contribution < -0.4 is 0 Å². The van der Waals surface area contributed by atoms with E-state index in [1.165, 1.54) is 27.9 Å². The second-order valence-corrected chi connectivity index (χ2v) is 11.0. The van der Waals surface area contributed by atoms with E-state index in [2.05, 4.69) is 123 Å². The summed E-state index contributed by atoms with van der Waals surface area (Å²) in [6.45, 7) is 7.13. The highest BCUT2D eigenvalue weighted by Crippen LogP contribution is 2.36. The quantitative estimate of drug-likeness (QED) is 0.163. The van der Waals surface area contributed by atoms with Gasteiger partial charge in [-0.05, 0) is 77.4 Å². The zero-order valence-electron chi connectivity index (χ0n) is 24.1. The number of aromatic nitrogens is 2. The van der Waals surface area contributed by atoms with E-state index in [0.29, 0.717) is 5.56 Å². The van der Waals surface area contributed by atoms with Gasteiger partial charge >= 0.3 is 5.97 Å². The average molecular weight is 580 g/mol. The Morgan fingerprint density at radius 1 is 0.556 bits per heavy atom. The molecule has 0 atom stereocenters. The van der Waals surface area contributed by atoms with Gasteiger partial charge in [0.15, 0.2) is 0 Å². The van der Waals surface area contributed by atoms with Gasteiger partial charge in [-0.3, -0.25) is 4.79 Å². The Balaban J connectivity index is 1.21. The Morgan fingerprint density at radius 3 is 1.51 bits per heavy atom. The zero-order valence-corrected chi connectivity index (χ0v) is 24.1. The van der Waals surface area contributed by atoms with Crippen molar-refractivity contribution in [2.75, 3.05) is 0 Å². The minimum absolute atomic E-state index is 0.310. The van der Waals surface area contributed by atoms with Crippen molar-refractivity contribution in [1.82, 2.24) is 9.13 Å². The van der Waals surface area contributed by atoms with Crippen LogP contribution in [0.3, 0.4) is 0 Å². The first-order valence-corrected chi connectivity index (χ1v) is 14.7. The Morgan fingerprint density at radius 2 is 1.00 bits per heavy atom. The van der Waals surface area contributed by atoms with E-state index < -0.39 is 5.97 Å². The number of carbonyl (C=O) groups is 1. The maximum absolute atomic E-state index is 11.3. The van der Waals surface area contributed by atoms with Gasteiger partial charge in [-0.15, -0.1) is 0 Å². The molecule has 8 aromatic rings. The summed E-state index contributed by atoms with van der Waals surface area (Å²) in [5.74, 6) is -1.23. The summed E-state index contributed by atoms with van der Waals surface area (Å²) in [6, 6.07) is 48.4. The Labute approximate surface area is 258 Å². The largest absolute Gasteiger partial charge is 0.486 e. The first-order chi connectivity index (χ1) is 22.1. The number of aliphatic carboxylic acids is 1. The first kappa shape index (κ1) is 26.3. The lowest BCUT2D eigenvalue weighted by atomic mass is 10.0. The second kappa shape index (κ2) is 10.4. The third-order valence-corrected chi connectivity index (χ3v) is 8.51. The molecule has 2 heterocycles. The number of carboxylic acids is 1. The summed E-state index contributed by atoms with van der Waals surface area (Å²) in [7, 11) is 0. The normalized spacial score (nSPS) is 11.8. The van der Waals surface area contributed by atoms with Crippen molar-refractivity contribution < 1.29 is 9.90 Å². The van der Waals surface area contributed by atoms with Gasteiger partial charge in [-0.25, -0.2) is 4.85 Å². The highest BCUT2D eigenvalue weighted by molar-refractivity contribution is 6.11. The third kappa shape index (κ3) is 4.28. The van der Waals surface area contributed by atoms with Crippen molar-refractivity contribution in [1.29, 1.82) is 0 Å². The SMILES string of the molecule is [C-]#[N+]C(=Cc1ccc(-n2c3ccccc3c3cc(-c4ccc(-n5c6ccccc6c6ccccc65)cc4)ccc32)cc1)C(=O)O. The first-order valence-electron chi connectivity index (χ1n) is 14.7. The van der Waals surface area contributed by atoms with E-state index in [0.717, 1.165) is 44.3 Å². The molecule has 45 heavy (non-hydrogen) atoms. The highest BCUT2D eigenvalue weighted by Gasteiger charge is 2.15. The van der Waals surface area contributed by atoms with Crippen LogP contribution in [0.15, 0.2) is 145 Å². The molecule has 0 aliphatic heterocycles.